The second-order valence-electron chi connectivity index (χ2n) is 2.16. The molecule has 11 heavy (non-hydrogen) atoms. The van der Waals surface area contributed by atoms with Crippen LogP contribution >= 0.6 is 0 Å². The number of aromatic nitrogens is 2. The topological polar surface area (TPSA) is 43.8 Å². The van der Waals surface area contributed by atoms with Crippen LogP contribution in [-0.2, 0) is 0 Å². The highest BCUT2D eigenvalue weighted by Gasteiger charge is 2.12. The van der Waals surface area contributed by atoms with Crippen LogP contribution in [0.5, 0.6) is 0 Å². The smallest absolute Gasteiger partial charge is 0.122 e. The van der Waals surface area contributed by atoms with Gasteiger partial charge >= 0.3 is 0 Å². The number of anilines is 1. The summed E-state index contributed by atoms with van der Waals surface area (Å²) in [5.41, 5.74) is 5.36. The van der Waals surface area contributed by atoms with Crippen molar-refractivity contribution in [2.45, 2.75) is 6.04 Å². The summed E-state index contributed by atoms with van der Waals surface area (Å²) in [6.45, 7) is -1.58. The first-order chi connectivity index (χ1) is 5.29. The van der Waals surface area contributed by atoms with Gasteiger partial charge in [0.15, 0.2) is 0 Å². The van der Waals surface area contributed by atoms with Crippen molar-refractivity contribution in [3.05, 3.63) is 12.3 Å². The Labute approximate surface area is 62.8 Å². The predicted molar refractivity (Wildman–Crippen MR) is 37.6 cm³/mol. The maximum absolute atomic E-state index is 12.0. The zero-order valence-corrected chi connectivity index (χ0v) is 5.87. The summed E-state index contributed by atoms with van der Waals surface area (Å²) in [6.07, 6.45) is 1.41. The zero-order chi connectivity index (χ0) is 8.27. The Kier molecular flexibility index (Phi) is 2.40. The first-order valence-electron chi connectivity index (χ1n) is 3.20. The highest BCUT2D eigenvalue weighted by molar-refractivity contribution is 5.26. The molecule has 0 aromatic carbocycles. The molecular weight excluding hydrogens is 152 g/mol. The SMILES string of the molecule is Nc1ccnn1C(CF)CF. The molecule has 1 aromatic heterocycles. The Bertz CT molecular complexity index is 219. The quantitative estimate of drug-likeness (QED) is 0.717. The van der Waals surface area contributed by atoms with Crippen LogP contribution in [0.25, 0.3) is 0 Å². The van der Waals surface area contributed by atoms with Crippen molar-refractivity contribution in [3.8, 4) is 0 Å². The maximum atomic E-state index is 12.0. The molecule has 3 nitrogen and oxygen atoms in total. The van der Waals surface area contributed by atoms with Gasteiger partial charge in [-0.2, -0.15) is 5.10 Å². The van der Waals surface area contributed by atoms with Crippen molar-refractivity contribution in [1.82, 2.24) is 9.78 Å². The van der Waals surface area contributed by atoms with Crippen molar-refractivity contribution in [3.63, 3.8) is 0 Å². The second kappa shape index (κ2) is 3.32. The summed E-state index contributed by atoms with van der Waals surface area (Å²) in [5, 5.41) is 3.67. The number of rotatable bonds is 3. The number of halogens is 2. The van der Waals surface area contributed by atoms with Gasteiger partial charge in [-0.25, -0.2) is 13.5 Å². The molecule has 0 amide bonds. The predicted octanol–water partition coefficient (Wildman–Crippen LogP) is 0.945. The van der Waals surface area contributed by atoms with Crippen molar-refractivity contribution >= 4 is 5.82 Å². The summed E-state index contributed by atoms with van der Waals surface area (Å²) in [4.78, 5) is 0. The third kappa shape index (κ3) is 1.47. The van der Waals surface area contributed by atoms with Crippen molar-refractivity contribution in [2.24, 2.45) is 0 Å². The van der Waals surface area contributed by atoms with Gasteiger partial charge < -0.3 is 5.73 Å². The van der Waals surface area contributed by atoms with Crippen LogP contribution in [0.3, 0.4) is 0 Å². The molecule has 0 aliphatic rings. The zero-order valence-electron chi connectivity index (χ0n) is 5.87. The first-order valence-corrected chi connectivity index (χ1v) is 3.20. The van der Waals surface area contributed by atoms with E-state index in [4.69, 9.17) is 5.73 Å². The molecule has 0 saturated heterocycles. The van der Waals surface area contributed by atoms with Gasteiger partial charge in [-0.1, -0.05) is 0 Å². The van der Waals surface area contributed by atoms with E-state index in [2.05, 4.69) is 5.10 Å². The van der Waals surface area contributed by atoms with E-state index < -0.39 is 19.4 Å². The largest absolute Gasteiger partial charge is 0.384 e. The first kappa shape index (κ1) is 7.97. The highest BCUT2D eigenvalue weighted by Crippen LogP contribution is 2.11. The Morgan fingerprint density at radius 1 is 1.55 bits per heavy atom. The summed E-state index contributed by atoms with van der Waals surface area (Å²) in [5.74, 6) is 0.283. The lowest BCUT2D eigenvalue weighted by molar-refractivity contribution is 0.275. The minimum atomic E-state index is -0.870. The molecule has 0 aliphatic heterocycles. The van der Waals surface area contributed by atoms with Crippen LogP contribution in [0.15, 0.2) is 12.3 Å². The summed E-state index contributed by atoms with van der Waals surface area (Å²) in [7, 11) is 0. The third-order valence-corrected chi connectivity index (χ3v) is 1.40. The van der Waals surface area contributed by atoms with Gasteiger partial charge in [0.25, 0.3) is 0 Å². The van der Waals surface area contributed by atoms with Gasteiger partial charge in [0.2, 0.25) is 0 Å². The summed E-state index contributed by atoms with van der Waals surface area (Å²) >= 11 is 0. The maximum Gasteiger partial charge on any atom is 0.122 e. The lowest BCUT2D eigenvalue weighted by atomic mass is 10.4. The Hall–Kier alpha value is -1.13. The number of alkyl halides is 2. The molecular formula is C6H9F2N3. The van der Waals surface area contributed by atoms with E-state index >= 15 is 0 Å². The van der Waals surface area contributed by atoms with Crippen molar-refractivity contribution < 1.29 is 8.78 Å². The molecule has 0 radical (unpaired) electrons. The van der Waals surface area contributed by atoms with Crippen LogP contribution in [0, 0.1) is 0 Å². The minimum absolute atomic E-state index is 0.283. The second-order valence-corrected chi connectivity index (χ2v) is 2.16. The molecule has 1 aromatic rings. The molecule has 0 fully saturated rings. The van der Waals surface area contributed by atoms with Crippen LogP contribution in [-0.4, -0.2) is 23.1 Å². The van der Waals surface area contributed by atoms with Crippen molar-refractivity contribution in [2.75, 3.05) is 19.1 Å². The molecule has 1 heterocycles. The molecule has 0 unspecified atom stereocenters. The van der Waals surface area contributed by atoms with Gasteiger partial charge in [0.05, 0.1) is 6.20 Å². The van der Waals surface area contributed by atoms with Gasteiger partial charge in [0, 0.05) is 0 Å². The number of hydrogen-bond donors (Lipinski definition) is 1. The van der Waals surface area contributed by atoms with Gasteiger partial charge in [-0.15, -0.1) is 0 Å². The highest BCUT2D eigenvalue weighted by atomic mass is 19.1. The number of nitrogen functional groups attached to an aromatic ring is 1. The normalized spacial score (nSPS) is 10.8. The van der Waals surface area contributed by atoms with E-state index in [0.29, 0.717) is 0 Å². The molecule has 1 rings (SSSR count). The van der Waals surface area contributed by atoms with Gasteiger partial charge in [0.1, 0.15) is 25.2 Å². The average molecular weight is 161 g/mol. The standard InChI is InChI=1S/C6H9F2N3/c7-3-5(4-8)11-6(9)1-2-10-11/h1-2,5H,3-4,9H2. The van der Waals surface area contributed by atoms with E-state index in [-0.39, 0.29) is 5.82 Å². The molecule has 2 N–H and O–H groups in total. The van der Waals surface area contributed by atoms with Crippen LogP contribution in [0.2, 0.25) is 0 Å². The molecule has 0 atom stereocenters. The minimum Gasteiger partial charge on any atom is -0.384 e. The number of nitrogens with zero attached hydrogens (tertiary/aromatic N) is 2. The molecule has 0 aliphatic carbocycles. The van der Waals surface area contributed by atoms with E-state index in [1.165, 1.54) is 12.3 Å². The molecule has 62 valence electrons. The number of hydrogen-bond acceptors (Lipinski definition) is 2. The summed E-state index contributed by atoms with van der Waals surface area (Å²) in [6, 6.07) is 0.628. The lowest BCUT2D eigenvalue weighted by Crippen LogP contribution is -2.16. The molecule has 0 spiro atoms. The van der Waals surface area contributed by atoms with Crippen LogP contribution in [0.4, 0.5) is 14.6 Å². The Balaban J connectivity index is 2.81. The fraction of sp³-hybridized carbons (Fsp3) is 0.500. The van der Waals surface area contributed by atoms with E-state index in [1.807, 2.05) is 0 Å². The third-order valence-electron chi connectivity index (χ3n) is 1.40. The monoisotopic (exact) mass is 161 g/mol. The molecule has 0 bridgehead atoms. The van der Waals surface area contributed by atoms with Gasteiger partial charge in [-0.3, -0.25) is 0 Å². The lowest BCUT2D eigenvalue weighted by Gasteiger charge is -2.10. The average Bonchev–Trinajstić information content (AvgIpc) is 2.40. The fourth-order valence-electron chi connectivity index (χ4n) is 0.802. The molecule has 5 heteroatoms. The molecule has 0 saturated carbocycles. The van der Waals surface area contributed by atoms with Crippen LogP contribution < -0.4 is 5.73 Å². The van der Waals surface area contributed by atoms with Crippen LogP contribution in [0.1, 0.15) is 6.04 Å². The van der Waals surface area contributed by atoms with E-state index in [9.17, 15) is 8.78 Å². The Morgan fingerprint density at radius 2 is 2.18 bits per heavy atom. The summed E-state index contributed by atoms with van der Waals surface area (Å²) < 4.78 is 25.2. The van der Waals surface area contributed by atoms with E-state index in [0.717, 1.165) is 4.68 Å². The van der Waals surface area contributed by atoms with Crippen molar-refractivity contribution in [1.29, 1.82) is 0 Å². The fourth-order valence-corrected chi connectivity index (χ4v) is 0.802. The Morgan fingerprint density at radius 3 is 2.55 bits per heavy atom. The number of nitrogens with two attached hydrogens (primary N) is 1. The van der Waals surface area contributed by atoms with Gasteiger partial charge in [-0.05, 0) is 6.07 Å². The van der Waals surface area contributed by atoms with E-state index in [1.54, 1.807) is 0 Å².